The number of halogens is 1. The van der Waals surface area contributed by atoms with Crippen molar-refractivity contribution in [1.82, 2.24) is 4.31 Å². The normalized spacial score (nSPS) is 13.9. The number of anilines is 1. The van der Waals surface area contributed by atoms with Gasteiger partial charge in [-0.15, -0.1) is 0 Å². The molecule has 0 atom stereocenters. The van der Waals surface area contributed by atoms with E-state index >= 15 is 0 Å². The van der Waals surface area contributed by atoms with E-state index < -0.39 is 10.0 Å². The molecule has 1 aliphatic rings. The smallest absolute Gasteiger partial charge is 0.250 e. The number of sulfonamides is 1. The highest BCUT2D eigenvalue weighted by Crippen LogP contribution is 2.33. The predicted molar refractivity (Wildman–Crippen MR) is 120 cm³/mol. The highest BCUT2D eigenvalue weighted by Gasteiger charge is 2.24. The molecule has 7 nitrogen and oxygen atoms in total. The summed E-state index contributed by atoms with van der Waals surface area (Å²) >= 11 is 5.92. The van der Waals surface area contributed by atoms with Gasteiger partial charge in [0.15, 0.2) is 5.75 Å². The van der Waals surface area contributed by atoms with Crippen LogP contribution in [0, 0.1) is 5.92 Å². The Kier molecular flexibility index (Phi) is 7.94. The molecule has 3 rings (SSSR count). The highest BCUT2D eigenvalue weighted by atomic mass is 35.5. The van der Waals surface area contributed by atoms with E-state index in [1.54, 1.807) is 38.1 Å². The molecular weight excluding hydrogens is 440 g/mol. The Labute approximate surface area is 188 Å². The number of rotatable bonds is 11. The molecule has 1 amide bonds. The van der Waals surface area contributed by atoms with Crippen molar-refractivity contribution in [2.45, 2.75) is 31.6 Å². The third-order valence-electron chi connectivity index (χ3n) is 4.89. The van der Waals surface area contributed by atoms with Crippen LogP contribution in [0.25, 0.3) is 0 Å². The Hall–Kier alpha value is -2.13. The van der Waals surface area contributed by atoms with Gasteiger partial charge < -0.3 is 14.8 Å². The Bertz CT molecular complexity index is 1000. The molecule has 1 fully saturated rings. The van der Waals surface area contributed by atoms with E-state index in [1.165, 1.54) is 22.5 Å². The first-order chi connectivity index (χ1) is 14.8. The third-order valence-corrected chi connectivity index (χ3v) is 7.19. The van der Waals surface area contributed by atoms with Crippen molar-refractivity contribution in [1.29, 1.82) is 0 Å². The largest absolute Gasteiger partial charge is 0.455 e. The van der Waals surface area contributed by atoms with Crippen LogP contribution in [0.4, 0.5) is 5.69 Å². The predicted octanol–water partition coefficient (Wildman–Crippen LogP) is 4.53. The van der Waals surface area contributed by atoms with Crippen molar-refractivity contribution < 1.29 is 22.7 Å². The first kappa shape index (κ1) is 23.5. The summed E-state index contributed by atoms with van der Waals surface area (Å²) in [4.78, 5) is 12.5. The van der Waals surface area contributed by atoms with Gasteiger partial charge in [0.05, 0.1) is 17.2 Å². The zero-order valence-corrected chi connectivity index (χ0v) is 19.2. The number of nitrogens with zero attached hydrogens (tertiary/aromatic N) is 1. The van der Waals surface area contributed by atoms with Crippen LogP contribution in [-0.2, 0) is 19.6 Å². The van der Waals surface area contributed by atoms with Gasteiger partial charge in [0, 0.05) is 18.1 Å². The Morgan fingerprint density at radius 3 is 2.42 bits per heavy atom. The van der Waals surface area contributed by atoms with Crippen LogP contribution >= 0.6 is 11.6 Å². The second-order valence-electron chi connectivity index (χ2n) is 7.31. The molecule has 2 aromatic carbocycles. The summed E-state index contributed by atoms with van der Waals surface area (Å²) in [7, 11) is -3.70. The van der Waals surface area contributed by atoms with Crippen molar-refractivity contribution >= 4 is 33.2 Å². The average molecular weight is 467 g/mol. The fraction of sp³-hybridized carbons (Fsp3) is 0.409. The van der Waals surface area contributed by atoms with Crippen LogP contribution in [0.2, 0.25) is 5.02 Å². The standard InChI is InChI=1S/C22H27ClN2O5S/c1-3-25(4-2)31(27,28)19-11-12-21(30-18-9-7-17(23)8-10-18)20(13-19)24-22(26)15-29-14-16-5-6-16/h7-13,16H,3-6,14-15H2,1-2H3,(H,24,26). The van der Waals surface area contributed by atoms with E-state index in [0.717, 1.165) is 12.8 Å². The molecule has 1 saturated carbocycles. The van der Waals surface area contributed by atoms with Crippen molar-refractivity contribution in [3.8, 4) is 11.5 Å². The number of benzene rings is 2. The fourth-order valence-electron chi connectivity index (χ4n) is 2.99. The van der Waals surface area contributed by atoms with E-state index in [-0.39, 0.29) is 23.1 Å². The minimum absolute atomic E-state index is 0.0776. The second-order valence-corrected chi connectivity index (χ2v) is 9.68. The number of nitrogens with one attached hydrogen (secondary N) is 1. The van der Waals surface area contributed by atoms with Crippen molar-refractivity contribution in [2.24, 2.45) is 5.92 Å². The molecule has 1 N–H and O–H groups in total. The molecular formula is C22H27ClN2O5S. The molecule has 0 radical (unpaired) electrons. The van der Waals surface area contributed by atoms with E-state index in [1.807, 2.05) is 0 Å². The average Bonchev–Trinajstić information content (AvgIpc) is 3.56. The van der Waals surface area contributed by atoms with Gasteiger partial charge in [-0.3, -0.25) is 4.79 Å². The first-order valence-electron chi connectivity index (χ1n) is 10.3. The van der Waals surface area contributed by atoms with Crippen LogP contribution in [0.3, 0.4) is 0 Å². The monoisotopic (exact) mass is 466 g/mol. The van der Waals surface area contributed by atoms with E-state index in [2.05, 4.69) is 5.32 Å². The second kappa shape index (κ2) is 10.5. The fourth-order valence-corrected chi connectivity index (χ4v) is 4.60. The van der Waals surface area contributed by atoms with Crippen LogP contribution in [0.5, 0.6) is 11.5 Å². The van der Waals surface area contributed by atoms with Crippen LogP contribution in [0.15, 0.2) is 47.4 Å². The molecule has 9 heteroatoms. The van der Waals surface area contributed by atoms with Gasteiger partial charge in [-0.05, 0) is 61.2 Å². The number of ether oxygens (including phenoxy) is 2. The van der Waals surface area contributed by atoms with Crippen LogP contribution in [-0.4, -0.2) is 44.9 Å². The maximum Gasteiger partial charge on any atom is 0.250 e. The summed E-state index contributed by atoms with van der Waals surface area (Å²) in [5.41, 5.74) is 0.253. The summed E-state index contributed by atoms with van der Waals surface area (Å²) in [5.74, 6) is 0.985. The van der Waals surface area contributed by atoms with Gasteiger partial charge in [0.2, 0.25) is 15.9 Å². The molecule has 0 saturated heterocycles. The van der Waals surface area contributed by atoms with Gasteiger partial charge >= 0.3 is 0 Å². The van der Waals surface area contributed by atoms with Gasteiger partial charge in [-0.1, -0.05) is 25.4 Å². The number of hydrogen-bond acceptors (Lipinski definition) is 5. The molecule has 1 aliphatic carbocycles. The van der Waals surface area contributed by atoms with Gasteiger partial charge in [-0.2, -0.15) is 4.31 Å². The number of amides is 1. The maximum atomic E-state index is 12.9. The van der Waals surface area contributed by atoms with Gasteiger partial charge in [0.1, 0.15) is 12.4 Å². The lowest BCUT2D eigenvalue weighted by Crippen LogP contribution is -2.30. The SMILES string of the molecule is CCN(CC)S(=O)(=O)c1ccc(Oc2ccc(Cl)cc2)c(NC(=O)COCC2CC2)c1. The molecule has 0 bridgehead atoms. The van der Waals surface area contributed by atoms with Crippen LogP contribution in [0.1, 0.15) is 26.7 Å². The quantitative estimate of drug-likeness (QED) is 0.526. The summed E-state index contributed by atoms with van der Waals surface area (Å²) < 4.78 is 38.5. The molecule has 0 unspecified atom stereocenters. The highest BCUT2D eigenvalue weighted by molar-refractivity contribution is 7.89. The molecule has 0 spiro atoms. The van der Waals surface area contributed by atoms with Crippen LogP contribution < -0.4 is 10.1 Å². The van der Waals surface area contributed by atoms with E-state index in [9.17, 15) is 13.2 Å². The van der Waals surface area contributed by atoms with Crippen molar-refractivity contribution in [3.05, 3.63) is 47.5 Å². The Balaban J connectivity index is 1.85. The van der Waals surface area contributed by atoms with Gasteiger partial charge in [-0.25, -0.2) is 8.42 Å². The molecule has 0 heterocycles. The zero-order chi connectivity index (χ0) is 22.4. The van der Waals surface area contributed by atoms with E-state index in [0.29, 0.717) is 42.1 Å². The zero-order valence-electron chi connectivity index (χ0n) is 17.6. The summed E-state index contributed by atoms with van der Waals surface area (Å²) in [6, 6.07) is 11.2. The minimum atomic E-state index is -3.70. The number of carbonyl (C=O) groups is 1. The maximum absolute atomic E-state index is 12.9. The topological polar surface area (TPSA) is 84.9 Å². The molecule has 2 aromatic rings. The van der Waals surface area contributed by atoms with Crippen molar-refractivity contribution in [3.63, 3.8) is 0 Å². The molecule has 31 heavy (non-hydrogen) atoms. The first-order valence-corrected chi connectivity index (χ1v) is 12.1. The Morgan fingerprint density at radius 1 is 1.13 bits per heavy atom. The van der Waals surface area contributed by atoms with E-state index in [4.69, 9.17) is 21.1 Å². The number of carbonyl (C=O) groups excluding carboxylic acids is 1. The summed E-state index contributed by atoms with van der Waals surface area (Å²) in [6.45, 7) is 4.69. The summed E-state index contributed by atoms with van der Waals surface area (Å²) in [6.07, 6.45) is 2.26. The third kappa shape index (κ3) is 6.43. The number of hydrogen-bond donors (Lipinski definition) is 1. The lowest BCUT2D eigenvalue weighted by atomic mass is 10.2. The lowest BCUT2D eigenvalue weighted by molar-refractivity contribution is -0.120. The van der Waals surface area contributed by atoms with Gasteiger partial charge in [0.25, 0.3) is 0 Å². The Morgan fingerprint density at radius 2 is 1.81 bits per heavy atom. The summed E-state index contributed by atoms with van der Waals surface area (Å²) in [5, 5.41) is 3.29. The minimum Gasteiger partial charge on any atom is -0.455 e. The van der Waals surface area contributed by atoms with Crippen molar-refractivity contribution in [2.75, 3.05) is 31.6 Å². The molecule has 168 valence electrons. The molecule has 0 aromatic heterocycles. The molecule has 0 aliphatic heterocycles. The lowest BCUT2D eigenvalue weighted by Gasteiger charge is -2.20.